The van der Waals surface area contributed by atoms with Crippen LogP contribution in [-0.2, 0) is 0 Å². The summed E-state index contributed by atoms with van der Waals surface area (Å²) in [6, 6.07) is 75.6. The number of rotatable bonds is 5. The van der Waals surface area contributed by atoms with E-state index in [9.17, 15) is 0 Å². The standard InChI is InChI=1S/C52H34/c1-3-14-37(15-4-1)44-32-31-38-26-30-43(34-49(38)50(44)40-27-23-36(24-28-40)42-29-25-35-13-7-8-18-41(35)33-42)52-47-21-11-9-19-45(47)51(39-16-5-2-6-17-39)46-20-10-12-22-48(46)52/h1-34H. The summed E-state index contributed by atoms with van der Waals surface area (Å²) in [7, 11) is 0. The molecule has 0 bridgehead atoms. The molecule has 10 aromatic carbocycles. The topological polar surface area (TPSA) is 0 Å². The molecule has 10 aromatic rings. The molecule has 0 aromatic heterocycles. The Morgan fingerprint density at radius 2 is 0.635 bits per heavy atom. The fourth-order valence-corrected chi connectivity index (χ4v) is 8.20. The molecule has 0 saturated carbocycles. The van der Waals surface area contributed by atoms with Gasteiger partial charge in [0, 0.05) is 0 Å². The molecule has 0 aliphatic carbocycles. The first-order valence-electron chi connectivity index (χ1n) is 18.0. The average Bonchev–Trinajstić information content (AvgIpc) is 3.22. The van der Waals surface area contributed by atoms with Crippen LogP contribution in [0.25, 0.3) is 98.7 Å². The third-order valence-corrected chi connectivity index (χ3v) is 10.6. The van der Waals surface area contributed by atoms with Gasteiger partial charge in [-0.2, -0.15) is 0 Å². The zero-order chi connectivity index (χ0) is 34.4. The third kappa shape index (κ3) is 5.08. The van der Waals surface area contributed by atoms with Gasteiger partial charge in [0.25, 0.3) is 0 Å². The maximum Gasteiger partial charge on any atom is -0.00261 e. The SMILES string of the molecule is c1ccc(-c2ccc3ccc(-c4c5ccccc5c(-c5ccccc5)c5ccccc45)cc3c2-c2ccc(-c3ccc4ccccc4c3)cc2)cc1. The molecule has 0 amide bonds. The van der Waals surface area contributed by atoms with Crippen molar-refractivity contribution in [1.82, 2.24) is 0 Å². The highest BCUT2D eigenvalue weighted by atomic mass is 14.2. The fourth-order valence-electron chi connectivity index (χ4n) is 8.20. The summed E-state index contributed by atoms with van der Waals surface area (Å²) in [4.78, 5) is 0. The first kappa shape index (κ1) is 30.1. The Kier molecular flexibility index (Phi) is 7.25. The van der Waals surface area contributed by atoms with Crippen LogP contribution in [0.2, 0.25) is 0 Å². The molecule has 0 aliphatic heterocycles. The molecule has 0 heterocycles. The van der Waals surface area contributed by atoms with Gasteiger partial charge in [0.2, 0.25) is 0 Å². The number of benzene rings is 10. The Balaban J connectivity index is 1.21. The molecule has 242 valence electrons. The molecular weight excluding hydrogens is 625 g/mol. The van der Waals surface area contributed by atoms with Crippen molar-refractivity contribution < 1.29 is 0 Å². The first-order chi connectivity index (χ1) is 25.8. The number of hydrogen-bond acceptors (Lipinski definition) is 0. The van der Waals surface area contributed by atoms with E-state index in [0.29, 0.717) is 0 Å². The summed E-state index contributed by atoms with van der Waals surface area (Å²) in [6.45, 7) is 0. The minimum absolute atomic E-state index is 1.21. The van der Waals surface area contributed by atoms with E-state index in [1.807, 2.05) is 0 Å². The largest absolute Gasteiger partial charge is 0.0622 e. The monoisotopic (exact) mass is 658 g/mol. The van der Waals surface area contributed by atoms with Crippen molar-refractivity contribution in [2.75, 3.05) is 0 Å². The van der Waals surface area contributed by atoms with Crippen LogP contribution in [0.4, 0.5) is 0 Å². The van der Waals surface area contributed by atoms with Crippen LogP contribution in [0.5, 0.6) is 0 Å². The van der Waals surface area contributed by atoms with E-state index in [2.05, 4.69) is 206 Å². The van der Waals surface area contributed by atoms with Crippen molar-refractivity contribution >= 4 is 43.1 Å². The summed E-state index contributed by atoms with van der Waals surface area (Å²) in [6.07, 6.45) is 0. The van der Waals surface area contributed by atoms with Crippen LogP contribution in [0, 0.1) is 0 Å². The second-order valence-electron chi connectivity index (χ2n) is 13.6. The number of fused-ring (bicyclic) bond motifs is 4. The molecule has 0 heteroatoms. The Bertz CT molecular complexity index is 2860. The second-order valence-corrected chi connectivity index (χ2v) is 13.6. The molecule has 10 rings (SSSR count). The summed E-state index contributed by atoms with van der Waals surface area (Å²) < 4.78 is 0. The Hall–Kier alpha value is -6.76. The van der Waals surface area contributed by atoms with Gasteiger partial charge in [0.15, 0.2) is 0 Å². The van der Waals surface area contributed by atoms with Gasteiger partial charge in [0.1, 0.15) is 0 Å². The van der Waals surface area contributed by atoms with E-state index in [-0.39, 0.29) is 0 Å². The summed E-state index contributed by atoms with van der Waals surface area (Å²) in [5, 5.41) is 10.1. The van der Waals surface area contributed by atoms with Crippen LogP contribution in [0.15, 0.2) is 206 Å². The summed E-state index contributed by atoms with van der Waals surface area (Å²) in [5.74, 6) is 0. The minimum Gasteiger partial charge on any atom is -0.0622 e. The van der Waals surface area contributed by atoms with Crippen molar-refractivity contribution in [2.24, 2.45) is 0 Å². The first-order valence-corrected chi connectivity index (χ1v) is 18.0. The van der Waals surface area contributed by atoms with Crippen LogP contribution in [0.1, 0.15) is 0 Å². The van der Waals surface area contributed by atoms with Gasteiger partial charge in [-0.1, -0.05) is 194 Å². The van der Waals surface area contributed by atoms with Gasteiger partial charge in [-0.05, 0) is 111 Å². The minimum atomic E-state index is 1.21. The highest BCUT2D eigenvalue weighted by molar-refractivity contribution is 6.22. The molecule has 0 saturated heterocycles. The summed E-state index contributed by atoms with van der Waals surface area (Å²) in [5.41, 5.74) is 12.4. The van der Waals surface area contributed by atoms with E-state index in [0.717, 1.165) is 0 Å². The molecule has 0 spiro atoms. The molecule has 0 aliphatic rings. The van der Waals surface area contributed by atoms with E-state index < -0.39 is 0 Å². The quantitative estimate of drug-likeness (QED) is 0.161. The van der Waals surface area contributed by atoms with Crippen molar-refractivity contribution in [3.8, 4) is 55.6 Å². The lowest BCUT2D eigenvalue weighted by atomic mass is 9.84. The van der Waals surface area contributed by atoms with Crippen LogP contribution in [0.3, 0.4) is 0 Å². The lowest BCUT2D eigenvalue weighted by molar-refractivity contribution is 1.59. The van der Waals surface area contributed by atoms with Crippen LogP contribution < -0.4 is 0 Å². The zero-order valence-corrected chi connectivity index (χ0v) is 28.6. The van der Waals surface area contributed by atoms with Gasteiger partial charge < -0.3 is 0 Å². The van der Waals surface area contributed by atoms with Crippen LogP contribution >= 0.6 is 0 Å². The van der Waals surface area contributed by atoms with E-state index in [1.54, 1.807) is 0 Å². The van der Waals surface area contributed by atoms with Crippen LogP contribution in [-0.4, -0.2) is 0 Å². The van der Waals surface area contributed by atoms with Gasteiger partial charge in [-0.3, -0.25) is 0 Å². The van der Waals surface area contributed by atoms with Crippen molar-refractivity contribution in [3.05, 3.63) is 206 Å². The van der Waals surface area contributed by atoms with Gasteiger partial charge in [-0.15, -0.1) is 0 Å². The zero-order valence-electron chi connectivity index (χ0n) is 28.6. The highest BCUT2D eigenvalue weighted by Gasteiger charge is 2.18. The predicted molar refractivity (Wildman–Crippen MR) is 224 cm³/mol. The second kappa shape index (κ2) is 12.5. The molecule has 0 fully saturated rings. The molecule has 0 N–H and O–H groups in total. The molecule has 0 radical (unpaired) electrons. The normalized spacial score (nSPS) is 11.5. The lowest BCUT2D eigenvalue weighted by Crippen LogP contribution is -1.92. The Morgan fingerprint density at radius 1 is 0.192 bits per heavy atom. The maximum absolute atomic E-state index is 2.44. The highest BCUT2D eigenvalue weighted by Crippen LogP contribution is 2.46. The Labute approximate surface area is 303 Å². The predicted octanol–water partition coefficient (Wildman–Crippen LogP) is 14.6. The van der Waals surface area contributed by atoms with Gasteiger partial charge >= 0.3 is 0 Å². The molecule has 0 nitrogen and oxygen atoms in total. The third-order valence-electron chi connectivity index (χ3n) is 10.6. The van der Waals surface area contributed by atoms with E-state index in [1.165, 1.54) is 98.7 Å². The van der Waals surface area contributed by atoms with Gasteiger partial charge in [-0.25, -0.2) is 0 Å². The average molecular weight is 659 g/mol. The van der Waals surface area contributed by atoms with E-state index >= 15 is 0 Å². The van der Waals surface area contributed by atoms with Gasteiger partial charge in [0.05, 0.1) is 0 Å². The molecule has 52 heavy (non-hydrogen) atoms. The maximum atomic E-state index is 2.44. The lowest BCUT2D eigenvalue weighted by Gasteiger charge is -2.19. The molecule has 0 atom stereocenters. The van der Waals surface area contributed by atoms with Crippen molar-refractivity contribution in [2.45, 2.75) is 0 Å². The fraction of sp³-hybridized carbons (Fsp3) is 0. The summed E-state index contributed by atoms with van der Waals surface area (Å²) >= 11 is 0. The molecule has 0 unspecified atom stereocenters. The Morgan fingerprint density at radius 3 is 1.29 bits per heavy atom. The molecular formula is C52H34. The van der Waals surface area contributed by atoms with Crippen molar-refractivity contribution in [1.29, 1.82) is 0 Å². The van der Waals surface area contributed by atoms with E-state index in [4.69, 9.17) is 0 Å². The van der Waals surface area contributed by atoms with Crippen molar-refractivity contribution in [3.63, 3.8) is 0 Å². The smallest absolute Gasteiger partial charge is 0.00261 e. The number of hydrogen-bond donors (Lipinski definition) is 0.